The van der Waals surface area contributed by atoms with Gasteiger partial charge in [0, 0.05) is 18.2 Å². The second kappa shape index (κ2) is 6.47. The van der Waals surface area contributed by atoms with Gasteiger partial charge in [0.15, 0.2) is 11.5 Å². The second-order valence-electron chi connectivity index (χ2n) is 3.93. The van der Waals surface area contributed by atoms with Crippen LogP contribution < -0.4 is 14.2 Å². The van der Waals surface area contributed by atoms with Crippen LogP contribution in [-0.4, -0.2) is 31.7 Å². The van der Waals surface area contributed by atoms with Crippen molar-refractivity contribution in [3.63, 3.8) is 0 Å². The Morgan fingerprint density at radius 2 is 1.94 bits per heavy atom. The van der Waals surface area contributed by atoms with Crippen LogP contribution in [0.1, 0.15) is 18.9 Å². The average molecular weight is 254 g/mol. The van der Waals surface area contributed by atoms with Gasteiger partial charge in [0.25, 0.3) is 0 Å². The molecule has 0 unspecified atom stereocenters. The van der Waals surface area contributed by atoms with Crippen LogP contribution in [0.3, 0.4) is 0 Å². The zero-order valence-corrected chi connectivity index (χ0v) is 10.5. The Labute approximate surface area is 106 Å². The van der Waals surface area contributed by atoms with Crippen LogP contribution in [0.25, 0.3) is 0 Å². The molecule has 0 amide bonds. The van der Waals surface area contributed by atoms with Crippen LogP contribution in [0.15, 0.2) is 12.1 Å². The lowest BCUT2D eigenvalue weighted by Crippen LogP contribution is -2.08. The summed E-state index contributed by atoms with van der Waals surface area (Å²) in [4.78, 5) is 0. The van der Waals surface area contributed by atoms with E-state index in [0.717, 1.165) is 13.0 Å². The third kappa shape index (κ3) is 3.05. The summed E-state index contributed by atoms with van der Waals surface area (Å²) in [7, 11) is 0. The topological polar surface area (TPSA) is 57.2 Å². The van der Waals surface area contributed by atoms with Crippen molar-refractivity contribution < 1.29 is 24.1 Å². The maximum absolute atomic E-state index is 9.28. The van der Waals surface area contributed by atoms with Gasteiger partial charge in [0.1, 0.15) is 12.4 Å². The Hall–Kier alpha value is -1.46. The molecule has 18 heavy (non-hydrogen) atoms. The molecule has 5 nitrogen and oxygen atoms in total. The molecule has 0 fully saturated rings. The van der Waals surface area contributed by atoms with Gasteiger partial charge in [0.05, 0.1) is 13.2 Å². The Balaban J connectivity index is 1.94. The number of rotatable bonds is 7. The van der Waals surface area contributed by atoms with E-state index >= 15 is 0 Å². The smallest absolute Gasteiger partial charge is 0.231 e. The molecule has 0 aliphatic carbocycles. The lowest BCUT2D eigenvalue weighted by atomic mass is 10.2. The molecule has 1 heterocycles. The number of hydrogen-bond acceptors (Lipinski definition) is 5. The summed E-state index contributed by atoms with van der Waals surface area (Å²) in [6.07, 6.45) is 0.992. The Kier molecular flexibility index (Phi) is 4.66. The van der Waals surface area contributed by atoms with Crippen molar-refractivity contribution in [2.45, 2.75) is 20.0 Å². The zero-order valence-electron chi connectivity index (χ0n) is 10.5. The monoisotopic (exact) mass is 254 g/mol. The van der Waals surface area contributed by atoms with Gasteiger partial charge >= 0.3 is 0 Å². The number of fused-ring (bicyclic) bond motifs is 1. The molecule has 5 heteroatoms. The van der Waals surface area contributed by atoms with E-state index in [2.05, 4.69) is 6.92 Å². The minimum atomic E-state index is -0.0954. The molecular formula is C13H18O5. The molecular weight excluding hydrogens is 236 g/mol. The minimum Gasteiger partial charge on any atom is -0.491 e. The largest absolute Gasteiger partial charge is 0.491 e. The molecule has 1 N–H and O–H groups in total. The highest BCUT2D eigenvalue weighted by atomic mass is 16.7. The fourth-order valence-corrected chi connectivity index (χ4v) is 1.68. The second-order valence-corrected chi connectivity index (χ2v) is 3.93. The summed E-state index contributed by atoms with van der Waals surface area (Å²) in [6, 6.07) is 3.48. The van der Waals surface area contributed by atoms with E-state index in [-0.39, 0.29) is 13.4 Å². The molecule has 1 aromatic carbocycles. The first-order valence-corrected chi connectivity index (χ1v) is 6.09. The molecule has 0 saturated heterocycles. The number of benzene rings is 1. The van der Waals surface area contributed by atoms with Gasteiger partial charge in [-0.15, -0.1) is 0 Å². The van der Waals surface area contributed by atoms with Gasteiger partial charge in [-0.3, -0.25) is 0 Å². The Morgan fingerprint density at radius 1 is 1.17 bits per heavy atom. The van der Waals surface area contributed by atoms with Crippen molar-refractivity contribution in [2.75, 3.05) is 26.6 Å². The third-order valence-corrected chi connectivity index (χ3v) is 2.56. The molecule has 0 spiro atoms. The summed E-state index contributed by atoms with van der Waals surface area (Å²) in [5.74, 6) is 1.91. The van der Waals surface area contributed by atoms with Gasteiger partial charge in [0.2, 0.25) is 6.79 Å². The van der Waals surface area contributed by atoms with Crippen molar-refractivity contribution >= 4 is 0 Å². The molecule has 0 bridgehead atoms. The fraction of sp³-hybridized carbons (Fsp3) is 0.538. The highest BCUT2D eigenvalue weighted by Gasteiger charge is 2.17. The summed E-state index contributed by atoms with van der Waals surface area (Å²) in [5.41, 5.74) is 0.690. The molecule has 1 aliphatic rings. The molecule has 2 rings (SSSR count). The zero-order chi connectivity index (χ0) is 12.8. The highest BCUT2D eigenvalue weighted by Crippen LogP contribution is 2.38. The minimum absolute atomic E-state index is 0.0954. The van der Waals surface area contributed by atoms with Crippen LogP contribution in [0.4, 0.5) is 0 Å². The number of aliphatic hydroxyl groups is 1. The van der Waals surface area contributed by atoms with Gasteiger partial charge in [-0.2, -0.15) is 0 Å². The van der Waals surface area contributed by atoms with Gasteiger partial charge in [-0.1, -0.05) is 6.92 Å². The quantitative estimate of drug-likeness (QED) is 0.751. The third-order valence-electron chi connectivity index (χ3n) is 2.56. The number of hydrogen-bond donors (Lipinski definition) is 1. The van der Waals surface area contributed by atoms with E-state index in [9.17, 15) is 5.11 Å². The van der Waals surface area contributed by atoms with Crippen LogP contribution in [0.5, 0.6) is 17.2 Å². The molecule has 0 radical (unpaired) electrons. The molecule has 0 atom stereocenters. The number of aliphatic hydroxyl groups excluding tert-OH is 1. The van der Waals surface area contributed by atoms with E-state index in [1.807, 2.05) is 0 Å². The van der Waals surface area contributed by atoms with Crippen LogP contribution in [0.2, 0.25) is 0 Å². The van der Waals surface area contributed by atoms with E-state index in [1.165, 1.54) is 0 Å². The predicted octanol–water partition coefficient (Wildman–Crippen LogP) is 1.71. The molecule has 100 valence electrons. The van der Waals surface area contributed by atoms with Crippen molar-refractivity contribution in [3.05, 3.63) is 17.7 Å². The highest BCUT2D eigenvalue weighted by molar-refractivity contribution is 5.51. The molecule has 0 saturated carbocycles. The van der Waals surface area contributed by atoms with Crippen molar-refractivity contribution in [1.82, 2.24) is 0 Å². The Morgan fingerprint density at radius 3 is 2.67 bits per heavy atom. The molecule has 1 aromatic rings. The summed E-state index contributed by atoms with van der Waals surface area (Å²) in [6.45, 7) is 3.89. The van der Waals surface area contributed by atoms with Gasteiger partial charge in [-0.25, -0.2) is 0 Å². The first-order chi connectivity index (χ1) is 8.85. The van der Waals surface area contributed by atoms with E-state index in [0.29, 0.717) is 36.0 Å². The first-order valence-electron chi connectivity index (χ1n) is 6.09. The average Bonchev–Trinajstić information content (AvgIpc) is 2.84. The Bertz CT molecular complexity index is 391. The van der Waals surface area contributed by atoms with Crippen molar-refractivity contribution in [1.29, 1.82) is 0 Å². The van der Waals surface area contributed by atoms with Crippen molar-refractivity contribution in [2.24, 2.45) is 0 Å². The normalized spacial score (nSPS) is 12.8. The summed E-state index contributed by atoms with van der Waals surface area (Å²) < 4.78 is 21.4. The predicted molar refractivity (Wildman–Crippen MR) is 65.1 cm³/mol. The van der Waals surface area contributed by atoms with Gasteiger partial charge in [-0.05, 0) is 12.5 Å². The SMILES string of the molecule is CCCOCCOc1cc2c(cc1CO)OCO2. The van der Waals surface area contributed by atoms with E-state index < -0.39 is 0 Å². The maximum atomic E-state index is 9.28. The molecule has 0 aromatic heterocycles. The summed E-state index contributed by atoms with van der Waals surface area (Å²) >= 11 is 0. The summed E-state index contributed by atoms with van der Waals surface area (Å²) in [5, 5.41) is 9.28. The lowest BCUT2D eigenvalue weighted by Gasteiger charge is -2.11. The van der Waals surface area contributed by atoms with Crippen LogP contribution in [0, 0.1) is 0 Å². The maximum Gasteiger partial charge on any atom is 0.231 e. The molecule has 1 aliphatic heterocycles. The van der Waals surface area contributed by atoms with Crippen LogP contribution in [-0.2, 0) is 11.3 Å². The standard InChI is InChI=1S/C13H18O5/c1-2-3-15-4-5-16-11-7-13-12(17-9-18-13)6-10(11)8-14/h6-7,14H,2-5,8-9H2,1H3. The van der Waals surface area contributed by atoms with Crippen molar-refractivity contribution in [3.8, 4) is 17.2 Å². The fourth-order valence-electron chi connectivity index (χ4n) is 1.68. The number of ether oxygens (including phenoxy) is 4. The first kappa shape index (κ1) is 13.0. The van der Waals surface area contributed by atoms with E-state index in [1.54, 1.807) is 12.1 Å². The van der Waals surface area contributed by atoms with Crippen LogP contribution >= 0.6 is 0 Å². The lowest BCUT2D eigenvalue weighted by molar-refractivity contribution is 0.0995. The van der Waals surface area contributed by atoms with Gasteiger partial charge < -0.3 is 24.1 Å². The van der Waals surface area contributed by atoms with E-state index in [4.69, 9.17) is 18.9 Å².